The Hall–Kier alpha value is -2.76. The normalized spacial score (nSPS) is 13.0. The van der Waals surface area contributed by atoms with Crippen LogP contribution in [0, 0.1) is 22.7 Å². The van der Waals surface area contributed by atoms with E-state index in [1.54, 1.807) is 24.3 Å². The fourth-order valence-electron chi connectivity index (χ4n) is 2.40. The third kappa shape index (κ3) is 2.92. The Kier molecular flexibility index (Phi) is 4.06. The van der Waals surface area contributed by atoms with Crippen LogP contribution in [0.2, 0.25) is 5.02 Å². The van der Waals surface area contributed by atoms with Gasteiger partial charge in [0.05, 0.1) is 34.6 Å². The molecule has 1 heterocycles. The van der Waals surface area contributed by atoms with Gasteiger partial charge >= 0.3 is 0 Å². The lowest BCUT2D eigenvalue weighted by Crippen LogP contribution is -2.03. The third-order valence-corrected chi connectivity index (χ3v) is 3.98. The van der Waals surface area contributed by atoms with Gasteiger partial charge in [0.1, 0.15) is 18.0 Å². The Morgan fingerprint density at radius 3 is 2.61 bits per heavy atom. The van der Waals surface area contributed by atoms with E-state index in [2.05, 4.69) is 22.4 Å². The Morgan fingerprint density at radius 2 is 2.00 bits per heavy atom. The highest BCUT2D eigenvalue weighted by molar-refractivity contribution is 6.31. The van der Waals surface area contributed by atoms with Gasteiger partial charge in [-0.25, -0.2) is 4.98 Å². The average molecular weight is 325 g/mol. The van der Waals surface area contributed by atoms with Crippen molar-refractivity contribution in [1.82, 2.24) is 4.98 Å². The van der Waals surface area contributed by atoms with E-state index in [0.29, 0.717) is 39.3 Å². The van der Waals surface area contributed by atoms with Crippen molar-refractivity contribution in [2.75, 3.05) is 12.4 Å². The summed E-state index contributed by atoms with van der Waals surface area (Å²) in [6.45, 7) is 0. The first-order chi connectivity index (χ1) is 11.2. The summed E-state index contributed by atoms with van der Waals surface area (Å²) in [6, 6.07) is 11.0. The van der Waals surface area contributed by atoms with E-state index in [9.17, 15) is 5.26 Å². The Bertz CT molecular complexity index is 847. The highest BCUT2D eigenvalue weighted by atomic mass is 35.5. The molecule has 0 unspecified atom stereocenters. The molecule has 0 aliphatic heterocycles. The molecule has 3 rings (SSSR count). The van der Waals surface area contributed by atoms with Gasteiger partial charge in [-0.2, -0.15) is 10.5 Å². The number of hydrogen-bond acceptors (Lipinski definition) is 5. The minimum absolute atomic E-state index is 0.351. The summed E-state index contributed by atoms with van der Waals surface area (Å²) in [6.07, 6.45) is 2.12. The quantitative estimate of drug-likeness (QED) is 0.915. The first kappa shape index (κ1) is 15.1. The van der Waals surface area contributed by atoms with Crippen LogP contribution in [0.15, 0.2) is 24.3 Å². The van der Waals surface area contributed by atoms with E-state index in [4.69, 9.17) is 21.6 Å². The van der Waals surface area contributed by atoms with Crippen LogP contribution >= 0.6 is 11.6 Å². The molecule has 1 aromatic heterocycles. The van der Waals surface area contributed by atoms with Crippen molar-refractivity contribution in [3.05, 3.63) is 46.1 Å². The topological polar surface area (TPSA) is 81.7 Å². The van der Waals surface area contributed by atoms with Gasteiger partial charge in [0.25, 0.3) is 0 Å². The summed E-state index contributed by atoms with van der Waals surface area (Å²) in [5, 5.41) is 22.1. The lowest BCUT2D eigenvalue weighted by Gasteiger charge is -2.14. The van der Waals surface area contributed by atoms with Crippen LogP contribution in [-0.2, 0) is 0 Å². The van der Waals surface area contributed by atoms with Crippen molar-refractivity contribution in [1.29, 1.82) is 10.5 Å². The van der Waals surface area contributed by atoms with Crippen LogP contribution in [0.1, 0.15) is 35.6 Å². The number of rotatable bonds is 4. The third-order valence-electron chi connectivity index (χ3n) is 3.68. The zero-order valence-electron chi connectivity index (χ0n) is 12.4. The first-order valence-corrected chi connectivity index (χ1v) is 7.50. The average Bonchev–Trinajstić information content (AvgIpc) is 3.40. The molecule has 1 N–H and O–H groups in total. The number of nitriles is 2. The summed E-state index contributed by atoms with van der Waals surface area (Å²) in [7, 11) is 1.50. The molecule has 1 saturated carbocycles. The highest BCUT2D eigenvalue weighted by Gasteiger charge is 2.28. The van der Waals surface area contributed by atoms with Crippen LogP contribution in [0.25, 0.3) is 0 Å². The van der Waals surface area contributed by atoms with Crippen LogP contribution in [-0.4, -0.2) is 12.1 Å². The van der Waals surface area contributed by atoms with Gasteiger partial charge in [-0.05, 0) is 31.0 Å². The maximum absolute atomic E-state index is 9.32. The van der Waals surface area contributed by atoms with Crippen LogP contribution in [0.5, 0.6) is 5.75 Å². The summed E-state index contributed by atoms with van der Waals surface area (Å²) in [5.74, 6) is 1.21. The van der Waals surface area contributed by atoms with Crippen molar-refractivity contribution in [3.63, 3.8) is 0 Å². The zero-order chi connectivity index (χ0) is 16.4. The van der Waals surface area contributed by atoms with Gasteiger partial charge in [-0.1, -0.05) is 17.7 Å². The van der Waals surface area contributed by atoms with Gasteiger partial charge in [0.15, 0.2) is 5.75 Å². The molecule has 23 heavy (non-hydrogen) atoms. The molecule has 6 heteroatoms. The smallest absolute Gasteiger partial charge is 0.160 e. The molecule has 0 saturated heterocycles. The number of halogens is 1. The summed E-state index contributed by atoms with van der Waals surface area (Å²) >= 11 is 6.22. The standard InChI is InChI=1S/C17H13ClN4O/c1-23-16-11(8-19)3-2-4-14(16)21-17-12(9-20)7-13(18)15(22-17)10-5-6-10/h2-4,7,10H,5-6H2,1H3,(H,21,22). The van der Waals surface area contributed by atoms with Crippen LogP contribution in [0.3, 0.4) is 0 Å². The lowest BCUT2D eigenvalue weighted by molar-refractivity contribution is 0.415. The maximum atomic E-state index is 9.32. The zero-order valence-corrected chi connectivity index (χ0v) is 13.2. The molecule has 1 aliphatic carbocycles. The van der Waals surface area contributed by atoms with Gasteiger partial charge in [-0.15, -0.1) is 0 Å². The van der Waals surface area contributed by atoms with Gasteiger partial charge in [0.2, 0.25) is 0 Å². The molecule has 2 aromatic rings. The van der Waals surface area contributed by atoms with E-state index in [-0.39, 0.29) is 0 Å². The van der Waals surface area contributed by atoms with Gasteiger partial charge in [-0.3, -0.25) is 0 Å². The molecule has 1 aliphatic rings. The monoisotopic (exact) mass is 324 g/mol. The molecule has 0 spiro atoms. The second-order valence-corrected chi connectivity index (χ2v) is 5.67. The number of nitrogens with one attached hydrogen (secondary N) is 1. The Labute approximate surface area is 139 Å². The number of para-hydroxylation sites is 1. The molecule has 5 nitrogen and oxygen atoms in total. The van der Waals surface area contributed by atoms with E-state index >= 15 is 0 Å². The number of hydrogen-bond donors (Lipinski definition) is 1. The number of anilines is 2. The van der Waals surface area contributed by atoms with Crippen molar-refractivity contribution >= 4 is 23.1 Å². The van der Waals surface area contributed by atoms with Crippen LogP contribution < -0.4 is 10.1 Å². The first-order valence-electron chi connectivity index (χ1n) is 7.12. The Balaban J connectivity index is 2.05. The summed E-state index contributed by atoms with van der Waals surface area (Å²) in [5.41, 5.74) is 2.15. The lowest BCUT2D eigenvalue weighted by atomic mass is 10.1. The molecule has 0 bridgehead atoms. The van der Waals surface area contributed by atoms with E-state index in [0.717, 1.165) is 18.5 Å². The number of methoxy groups -OCH3 is 1. The van der Waals surface area contributed by atoms with Crippen molar-refractivity contribution in [3.8, 4) is 17.9 Å². The van der Waals surface area contributed by atoms with E-state index in [1.807, 2.05) is 0 Å². The van der Waals surface area contributed by atoms with Crippen molar-refractivity contribution in [2.45, 2.75) is 18.8 Å². The SMILES string of the molecule is COc1c(C#N)cccc1Nc1nc(C2CC2)c(Cl)cc1C#N. The molecule has 1 aromatic carbocycles. The number of nitrogens with zero attached hydrogens (tertiary/aromatic N) is 3. The molecular weight excluding hydrogens is 312 g/mol. The number of ether oxygens (including phenoxy) is 1. The fourth-order valence-corrected chi connectivity index (χ4v) is 2.70. The largest absolute Gasteiger partial charge is 0.493 e. The second-order valence-electron chi connectivity index (χ2n) is 5.26. The predicted octanol–water partition coefficient (Wildman–Crippen LogP) is 4.11. The predicted molar refractivity (Wildman–Crippen MR) is 86.9 cm³/mol. The minimum Gasteiger partial charge on any atom is -0.493 e. The van der Waals surface area contributed by atoms with Crippen molar-refractivity contribution in [2.24, 2.45) is 0 Å². The van der Waals surface area contributed by atoms with Gasteiger partial charge < -0.3 is 10.1 Å². The minimum atomic E-state index is 0.351. The second kappa shape index (κ2) is 6.16. The molecule has 0 atom stereocenters. The molecule has 0 radical (unpaired) electrons. The van der Waals surface area contributed by atoms with Crippen LogP contribution in [0.4, 0.5) is 11.5 Å². The number of aromatic nitrogens is 1. The highest BCUT2D eigenvalue weighted by Crippen LogP contribution is 2.43. The Morgan fingerprint density at radius 1 is 1.26 bits per heavy atom. The number of pyridine rings is 1. The van der Waals surface area contributed by atoms with E-state index < -0.39 is 0 Å². The number of benzene rings is 1. The fraction of sp³-hybridized carbons (Fsp3) is 0.235. The molecular formula is C17H13ClN4O. The van der Waals surface area contributed by atoms with Crippen molar-refractivity contribution < 1.29 is 4.74 Å². The summed E-state index contributed by atoms with van der Waals surface area (Å²) in [4.78, 5) is 4.53. The van der Waals surface area contributed by atoms with E-state index in [1.165, 1.54) is 7.11 Å². The molecule has 114 valence electrons. The van der Waals surface area contributed by atoms with Gasteiger partial charge in [0, 0.05) is 5.92 Å². The summed E-state index contributed by atoms with van der Waals surface area (Å²) < 4.78 is 5.31. The molecule has 0 amide bonds. The molecule has 1 fully saturated rings. The maximum Gasteiger partial charge on any atom is 0.160 e.